The van der Waals surface area contributed by atoms with Crippen molar-refractivity contribution in [1.82, 2.24) is 24.8 Å². The fourth-order valence-electron chi connectivity index (χ4n) is 2.60. The topological polar surface area (TPSA) is 68.0 Å². The smallest absolute Gasteiger partial charge is 0.188 e. The second-order valence-electron chi connectivity index (χ2n) is 5.58. The lowest BCUT2D eigenvalue weighted by Gasteiger charge is -2.06. The van der Waals surface area contributed by atoms with Crippen molar-refractivity contribution in [3.63, 3.8) is 0 Å². The second-order valence-corrected chi connectivity index (χ2v) is 6.99. The van der Waals surface area contributed by atoms with Gasteiger partial charge in [-0.1, -0.05) is 12.1 Å². The third-order valence-electron chi connectivity index (χ3n) is 3.81. The quantitative estimate of drug-likeness (QED) is 0.606. The van der Waals surface area contributed by atoms with Crippen LogP contribution in [0.2, 0.25) is 0 Å². The molecule has 0 aliphatic heterocycles. The number of aromatic nitrogens is 5. The number of halogens is 1. The molecule has 0 saturated carbocycles. The number of hydrogen-bond donors (Lipinski definition) is 1. The molecule has 0 aliphatic carbocycles. The van der Waals surface area contributed by atoms with Crippen molar-refractivity contribution in [2.24, 2.45) is 0 Å². The van der Waals surface area contributed by atoms with E-state index in [-0.39, 0.29) is 5.82 Å². The van der Waals surface area contributed by atoms with Crippen molar-refractivity contribution in [3.05, 3.63) is 57.8 Å². The number of hydrogen-bond acceptors (Lipinski definition) is 6. The number of benzene rings is 1. The van der Waals surface area contributed by atoms with E-state index in [4.69, 9.17) is 0 Å². The van der Waals surface area contributed by atoms with Gasteiger partial charge in [0.1, 0.15) is 11.6 Å². The third-order valence-corrected chi connectivity index (χ3v) is 4.74. The number of anilines is 1. The summed E-state index contributed by atoms with van der Waals surface area (Å²) in [5.74, 6) is 0.665. The maximum atomic E-state index is 14.1. The molecule has 0 radical (unpaired) electrons. The minimum atomic E-state index is -0.356. The Morgan fingerprint density at radius 3 is 2.72 bits per heavy atom. The summed E-state index contributed by atoms with van der Waals surface area (Å²) in [5.41, 5.74) is 1.93. The van der Waals surface area contributed by atoms with Crippen LogP contribution in [-0.4, -0.2) is 24.8 Å². The Bertz CT molecular complexity index is 1050. The molecule has 0 aliphatic rings. The molecule has 4 rings (SSSR count). The average molecular weight is 354 g/mol. The van der Waals surface area contributed by atoms with Gasteiger partial charge in [-0.3, -0.25) is 0 Å². The van der Waals surface area contributed by atoms with E-state index in [9.17, 15) is 4.39 Å². The zero-order valence-corrected chi connectivity index (χ0v) is 14.5. The molecule has 1 N–H and O–H groups in total. The fourth-order valence-corrected chi connectivity index (χ4v) is 3.44. The summed E-state index contributed by atoms with van der Waals surface area (Å²) in [7, 11) is 0. The number of thiazole rings is 1. The number of nitrogens with zero attached hydrogens (tertiary/aromatic N) is 5. The van der Waals surface area contributed by atoms with Crippen LogP contribution in [0.4, 0.5) is 10.2 Å². The van der Waals surface area contributed by atoms with Crippen molar-refractivity contribution >= 4 is 22.8 Å². The van der Waals surface area contributed by atoms with Crippen LogP contribution < -0.4 is 5.32 Å². The highest BCUT2D eigenvalue weighted by molar-refractivity contribution is 7.11. The molecule has 25 heavy (non-hydrogen) atoms. The molecule has 4 aromatic rings. The first-order valence-electron chi connectivity index (χ1n) is 7.76. The van der Waals surface area contributed by atoms with Gasteiger partial charge in [-0.25, -0.2) is 9.37 Å². The van der Waals surface area contributed by atoms with E-state index in [1.54, 1.807) is 40.1 Å². The molecular formula is C17H15FN6S. The monoisotopic (exact) mass is 354 g/mol. The van der Waals surface area contributed by atoms with Gasteiger partial charge in [-0.2, -0.15) is 4.52 Å². The van der Waals surface area contributed by atoms with E-state index in [1.807, 2.05) is 19.9 Å². The molecule has 0 amide bonds. The summed E-state index contributed by atoms with van der Waals surface area (Å²) >= 11 is 1.67. The Balaban J connectivity index is 1.67. The van der Waals surface area contributed by atoms with Crippen molar-refractivity contribution in [3.8, 4) is 11.4 Å². The van der Waals surface area contributed by atoms with Crippen LogP contribution in [0.1, 0.15) is 15.6 Å². The number of fused-ring (bicyclic) bond motifs is 1. The molecule has 8 heteroatoms. The summed E-state index contributed by atoms with van der Waals surface area (Å²) in [6.45, 7) is 4.61. The third kappa shape index (κ3) is 2.96. The van der Waals surface area contributed by atoms with Gasteiger partial charge in [0.25, 0.3) is 0 Å². The SMILES string of the molecule is Cc1nc(CNc2ccc3nnc(-c4ccccc4F)n3n2)c(C)s1. The first-order chi connectivity index (χ1) is 12.1. The minimum Gasteiger partial charge on any atom is -0.363 e. The zero-order valence-electron chi connectivity index (χ0n) is 13.7. The Hall–Kier alpha value is -2.87. The predicted octanol–water partition coefficient (Wildman–Crippen LogP) is 3.62. The highest BCUT2D eigenvalue weighted by Crippen LogP contribution is 2.22. The van der Waals surface area contributed by atoms with Crippen molar-refractivity contribution in [2.45, 2.75) is 20.4 Å². The maximum absolute atomic E-state index is 14.1. The molecule has 0 atom stereocenters. The fraction of sp³-hybridized carbons (Fsp3) is 0.176. The largest absolute Gasteiger partial charge is 0.363 e. The van der Waals surface area contributed by atoms with E-state index in [2.05, 4.69) is 25.6 Å². The van der Waals surface area contributed by atoms with Crippen LogP contribution in [0.25, 0.3) is 17.0 Å². The lowest BCUT2D eigenvalue weighted by molar-refractivity contribution is 0.629. The normalized spacial score (nSPS) is 11.2. The molecule has 0 spiro atoms. The molecule has 3 aromatic heterocycles. The highest BCUT2D eigenvalue weighted by atomic mass is 32.1. The van der Waals surface area contributed by atoms with Crippen LogP contribution in [0.3, 0.4) is 0 Å². The predicted molar refractivity (Wildman–Crippen MR) is 95.1 cm³/mol. The second kappa shape index (κ2) is 6.21. The van der Waals surface area contributed by atoms with Crippen LogP contribution >= 0.6 is 11.3 Å². The summed E-state index contributed by atoms with van der Waals surface area (Å²) in [6.07, 6.45) is 0. The highest BCUT2D eigenvalue weighted by Gasteiger charge is 2.13. The molecule has 0 bridgehead atoms. The summed E-state index contributed by atoms with van der Waals surface area (Å²) in [4.78, 5) is 5.68. The first kappa shape index (κ1) is 15.6. The van der Waals surface area contributed by atoms with E-state index >= 15 is 0 Å². The molecule has 6 nitrogen and oxygen atoms in total. The summed E-state index contributed by atoms with van der Waals surface area (Å²) in [6, 6.07) is 10.1. The van der Waals surface area contributed by atoms with Gasteiger partial charge in [-0.15, -0.1) is 26.6 Å². The van der Waals surface area contributed by atoms with E-state index in [0.29, 0.717) is 29.4 Å². The standard InChI is InChI=1S/C17H15FN6S/c1-10-14(20-11(2)25-10)9-19-15-7-8-16-21-22-17(24(16)23-15)12-5-3-4-6-13(12)18/h3-8H,9H2,1-2H3,(H,19,23). The molecule has 126 valence electrons. The minimum absolute atomic E-state index is 0.356. The Kier molecular flexibility index (Phi) is 3.89. The Morgan fingerprint density at radius 2 is 1.96 bits per heavy atom. The maximum Gasteiger partial charge on any atom is 0.188 e. The van der Waals surface area contributed by atoms with Gasteiger partial charge in [0.15, 0.2) is 11.5 Å². The molecule has 0 unspecified atom stereocenters. The number of nitrogens with one attached hydrogen (secondary N) is 1. The van der Waals surface area contributed by atoms with E-state index in [1.165, 1.54) is 10.9 Å². The van der Waals surface area contributed by atoms with Crippen LogP contribution in [0.5, 0.6) is 0 Å². The molecule has 3 heterocycles. The van der Waals surface area contributed by atoms with E-state index < -0.39 is 0 Å². The summed E-state index contributed by atoms with van der Waals surface area (Å²) in [5, 5.41) is 16.9. The van der Waals surface area contributed by atoms with Crippen LogP contribution in [-0.2, 0) is 6.54 Å². The molecule has 0 saturated heterocycles. The average Bonchev–Trinajstić information content (AvgIpc) is 3.15. The van der Waals surface area contributed by atoms with Gasteiger partial charge in [-0.05, 0) is 38.1 Å². The Labute approximate surface area is 147 Å². The lowest BCUT2D eigenvalue weighted by Crippen LogP contribution is -2.06. The van der Waals surface area contributed by atoms with Gasteiger partial charge >= 0.3 is 0 Å². The van der Waals surface area contributed by atoms with E-state index in [0.717, 1.165) is 10.7 Å². The van der Waals surface area contributed by atoms with Gasteiger partial charge in [0.05, 0.1) is 22.8 Å². The first-order valence-corrected chi connectivity index (χ1v) is 8.57. The van der Waals surface area contributed by atoms with Crippen LogP contribution in [0, 0.1) is 19.7 Å². The van der Waals surface area contributed by atoms with Crippen molar-refractivity contribution in [1.29, 1.82) is 0 Å². The number of rotatable bonds is 4. The molecular weight excluding hydrogens is 339 g/mol. The lowest BCUT2D eigenvalue weighted by atomic mass is 10.2. The van der Waals surface area contributed by atoms with Crippen molar-refractivity contribution < 1.29 is 4.39 Å². The van der Waals surface area contributed by atoms with Gasteiger partial charge in [0.2, 0.25) is 0 Å². The van der Waals surface area contributed by atoms with Crippen LogP contribution in [0.15, 0.2) is 36.4 Å². The number of aryl methyl sites for hydroxylation is 2. The summed E-state index contributed by atoms with van der Waals surface area (Å²) < 4.78 is 15.6. The Morgan fingerprint density at radius 1 is 1.12 bits per heavy atom. The molecule has 0 fully saturated rings. The van der Waals surface area contributed by atoms with Gasteiger partial charge in [0, 0.05) is 4.88 Å². The van der Waals surface area contributed by atoms with Gasteiger partial charge < -0.3 is 5.32 Å². The molecule has 1 aromatic carbocycles. The van der Waals surface area contributed by atoms with Crippen molar-refractivity contribution in [2.75, 3.05) is 5.32 Å². The zero-order chi connectivity index (χ0) is 17.4.